The first-order valence-electron chi connectivity index (χ1n) is 10.3. The Hall–Kier alpha value is -1.60. The van der Waals surface area contributed by atoms with E-state index in [1.165, 1.54) is 13.2 Å². The van der Waals surface area contributed by atoms with Crippen molar-refractivity contribution in [1.29, 1.82) is 0 Å². The van der Waals surface area contributed by atoms with Gasteiger partial charge in [-0.15, -0.1) is 0 Å². The zero-order chi connectivity index (χ0) is 20.3. The van der Waals surface area contributed by atoms with E-state index in [0.29, 0.717) is 11.5 Å². The Morgan fingerprint density at radius 1 is 1.11 bits per heavy atom. The Morgan fingerprint density at radius 2 is 1.75 bits per heavy atom. The minimum atomic E-state index is -3.78. The highest BCUT2D eigenvalue weighted by Crippen LogP contribution is 2.30. The van der Waals surface area contributed by atoms with E-state index in [0.717, 1.165) is 51.4 Å². The van der Waals surface area contributed by atoms with Gasteiger partial charge in [0.1, 0.15) is 10.6 Å². The van der Waals surface area contributed by atoms with Crippen molar-refractivity contribution in [2.75, 3.05) is 14.2 Å². The molecule has 7 heteroatoms. The van der Waals surface area contributed by atoms with Gasteiger partial charge in [0.25, 0.3) is 5.91 Å². The Kier molecular flexibility index (Phi) is 6.65. The highest BCUT2D eigenvalue weighted by molar-refractivity contribution is 7.89. The molecule has 2 fully saturated rings. The zero-order valence-electron chi connectivity index (χ0n) is 17.1. The van der Waals surface area contributed by atoms with Crippen LogP contribution >= 0.6 is 0 Å². The van der Waals surface area contributed by atoms with Crippen LogP contribution in [0, 0.1) is 5.92 Å². The summed E-state index contributed by atoms with van der Waals surface area (Å²) in [5.41, 5.74) is 0.382. The van der Waals surface area contributed by atoms with Gasteiger partial charge in [0.15, 0.2) is 0 Å². The van der Waals surface area contributed by atoms with Crippen LogP contribution in [0.5, 0.6) is 5.75 Å². The Bertz CT molecular complexity index is 803. The van der Waals surface area contributed by atoms with Crippen molar-refractivity contribution in [2.45, 2.75) is 75.3 Å². The van der Waals surface area contributed by atoms with Gasteiger partial charge in [-0.3, -0.25) is 4.79 Å². The molecular weight excluding hydrogens is 376 g/mol. The van der Waals surface area contributed by atoms with Crippen LogP contribution in [0.4, 0.5) is 0 Å². The maximum atomic E-state index is 13.1. The van der Waals surface area contributed by atoms with Gasteiger partial charge in [0.2, 0.25) is 10.0 Å². The summed E-state index contributed by atoms with van der Waals surface area (Å²) in [7, 11) is -0.530. The molecule has 0 aliphatic heterocycles. The van der Waals surface area contributed by atoms with Crippen LogP contribution in [0.3, 0.4) is 0 Å². The first kappa shape index (κ1) is 21.1. The van der Waals surface area contributed by atoms with E-state index in [4.69, 9.17) is 4.74 Å². The van der Waals surface area contributed by atoms with Crippen molar-refractivity contribution in [2.24, 2.45) is 5.92 Å². The van der Waals surface area contributed by atoms with Crippen molar-refractivity contribution in [1.82, 2.24) is 9.62 Å². The molecule has 2 saturated carbocycles. The summed E-state index contributed by atoms with van der Waals surface area (Å²) in [6.07, 6.45) is 8.30. The summed E-state index contributed by atoms with van der Waals surface area (Å²) in [5, 5.41) is 0. The molecule has 0 saturated heterocycles. The number of nitrogens with one attached hydrogen (secondary N) is 1. The normalized spacial score (nSPS) is 23.5. The number of nitrogens with zero attached hydrogens (tertiary/aromatic N) is 1. The molecule has 28 heavy (non-hydrogen) atoms. The summed E-state index contributed by atoms with van der Waals surface area (Å²) < 4.78 is 34.4. The number of rotatable bonds is 6. The van der Waals surface area contributed by atoms with Gasteiger partial charge in [0, 0.05) is 24.7 Å². The van der Waals surface area contributed by atoms with Gasteiger partial charge in [-0.1, -0.05) is 32.6 Å². The van der Waals surface area contributed by atoms with E-state index in [1.54, 1.807) is 24.1 Å². The zero-order valence-corrected chi connectivity index (χ0v) is 17.9. The van der Waals surface area contributed by atoms with Crippen molar-refractivity contribution >= 4 is 15.9 Å². The lowest BCUT2D eigenvalue weighted by atomic mass is 9.87. The second kappa shape index (κ2) is 8.82. The molecule has 1 amide bonds. The first-order chi connectivity index (χ1) is 13.3. The summed E-state index contributed by atoms with van der Waals surface area (Å²) in [6.45, 7) is 2.08. The fourth-order valence-corrected chi connectivity index (χ4v) is 6.01. The molecule has 0 aromatic heterocycles. The van der Waals surface area contributed by atoms with Gasteiger partial charge < -0.3 is 9.64 Å². The quantitative estimate of drug-likeness (QED) is 0.781. The number of methoxy groups -OCH3 is 1. The van der Waals surface area contributed by atoms with Gasteiger partial charge in [-0.25, -0.2) is 13.1 Å². The number of hydrogen-bond donors (Lipinski definition) is 1. The van der Waals surface area contributed by atoms with Crippen LogP contribution in [0.1, 0.15) is 68.6 Å². The van der Waals surface area contributed by atoms with Crippen molar-refractivity contribution in [3.05, 3.63) is 23.8 Å². The highest BCUT2D eigenvalue weighted by atomic mass is 32.2. The Morgan fingerprint density at radius 3 is 2.39 bits per heavy atom. The molecule has 2 aliphatic rings. The van der Waals surface area contributed by atoms with E-state index in [1.807, 2.05) is 0 Å². The number of hydrogen-bond acceptors (Lipinski definition) is 4. The molecule has 0 bridgehead atoms. The summed E-state index contributed by atoms with van der Waals surface area (Å²) in [5.74, 6) is 0.418. The largest absolute Gasteiger partial charge is 0.495 e. The second-order valence-corrected chi connectivity index (χ2v) is 9.89. The van der Waals surface area contributed by atoms with E-state index in [-0.39, 0.29) is 28.6 Å². The Labute approximate surface area is 168 Å². The maximum Gasteiger partial charge on any atom is 0.253 e. The molecule has 0 spiro atoms. The molecule has 6 nitrogen and oxygen atoms in total. The lowest BCUT2D eigenvalue weighted by Gasteiger charge is -2.29. The third kappa shape index (κ3) is 4.51. The molecule has 1 aromatic rings. The van der Waals surface area contributed by atoms with Gasteiger partial charge in [0.05, 0.1) is 7.11 Å². The minimum Gasteiger partial charge on any atom is -0.495 e. The van der Waals surface area contributed by atoms with Crippen molar-refractivity contribution < 1.29 is 17.9 Å². The smallest absolute Gasteiger partial charge is 0.253 e. The van der Waals surface area contributed by atoms with Crippen molar-refractivity contribution in [3.63, 3.8) is 0 Å². The standard InChI is InChI=1S/C21H32N2O4S/c1-15-8-4-7-11-18(15)22-28(25,26)20-14-16(12-13-19(20)27-3)21(24)23(2)17-9-5-6-10-17/h12-15,17-18,22H,4-11H2,1-3H3. The first-order valence-corrected chi connectivity index (χ1v) is 11.8. The predicted molar refractivity (Wildman–Crippen MR) is 109 cm³/mol. The van der Waals surface area contributed by atoms with Gasteiger partial charge in [-0.05, 0) is 49.8 Å². The summed E-state index contributed by atoms with van der Waals surface area (Å²) >= 11 is 0. The van der Waals surface area contributed by atoms with Crippen LogP contribution in [0.25, 0.3) is 0 Å². The molecule has 1 N–H and O–H groups in total. The minimum absolute atomic E-state index is 0.0402. The number of ether oxygens (including phenoxy) is 1. The lowest BCUT2D eigenvalue weighted by molar-refractivity contribution is 0.0735. The van der Waals surface area contributed by atoms with Gasteiger partial charge >= 0.3 is 0 Å². The third-order valence-corrected chi connectivity index (χ3v) is 7.82. The molecule has 0 radical (unpaired) electrons. The third-order valence-electron chi connectivity index (χ3n) is 6.31. The van der Waals surface area contributed by atoms with E-state index < -0.39 is 10.0 Å². The SMILES string of the molecule is COc1ccc(C(=O)N(C)C2CCCC2)cc1S(=O)(=O)NC1CCCCC1C. The fraction of sp³-hybridized carbons (Fsp3) is 0.667. The van der Waals surface area contributed by atoms with Crippen LogP contribution in [0.2, 0.25) is 0 Å². The topological polar surface area (TPSA) is 75.7 Å². The highest BCUT2D eigenvalue weighted by Gasteiger charge is 2.30. The molecule has 2 aliphatic carbocycles. The molecular formula is C21H32N2O4S. The number of carbonyl (C=O) groups is 1. The second-order valence-electron chi connectivity index (χ2n) is 8.21. The number of sulfonamides is 1. The Balaban J connectivity index is 1.86. The molecule has 3 rings (SSSR count). The van der Waals surface area contributed by atoms with Crippen molar-refractivity contribution in [3.8, 4) is 5.75 Å². The molecule has 2 atom stereocenters. The van der Waals surface area contributed by atoms with Gasteiger partial charge in [-0.2, -0.15) is 0 Å². The average molecular weight is 409 g/mol. The van der Waals surface area contributed by atoms with Crippen LogP contribution < -0.4 is 9.46 Å². The van der Waals surface area contributed by atoms with E-state index >= 15 is 0 Å². The lowest BCUT2D eigenvalue weighted by Crippen LogP contribution is -2.41. The fourth-order valence-electron chi connectivity index (χ4n) is 4.43. The van der Waals surface area contributed by atoms with Crippen LogP contribution in [-0.4, -0.2) is 45.5 Å². The monoisotopic (exact) mass is 408 g/mol. The van der Waals surface area contributed by atoms with E-state index in [9.17, 15) is 13.2 Å². The molecule has 156 valence electrons. The maximum absolute atomic E-state index is 13.1. The van der Waals surface area contributed by atoms with Crippen LogP contribution in [0.15, 0.2) is 23.1 Å². The molecule has 0 heterocycles. The van der Waals surface area contributed by atoms with Crippen LogP contribution in [-0.2, 0) is 10.0 Å². The molecule has 2 unspecified atom stereocenters. The number of carbonyl (C=O) groups excluding carboxylic acids is 1. The predicted octanol–water partition coefficient (Wildman–Crippen LogP) is 3.57. The summed E-state index contributed by atoms with van der Waals surface area (Å²) in [4.78, 5) is 14.7. The summed E-state index contributed by atoms with van der Waals surface area (Å²) in [6, 6.07) is 4.84. The number of amides is 1. The van der Waals surface area contributed by atoms with E-state index in [2.05, 4.69) is 11.6 Å². The molecule has 1 aromatic carbocycles. The number of benzene rings is 1. The average Bonchev–Trinajstić information content (AvgIpc) is 3.23.